The number of anilines is 1. The van der Waals surface area contributed by atoms with Crippen molar-refractivity contribution in [2.24, 2.45) is 0 Å². The van der Waals surface area contributed by atoms with Gasteiger partial charge >= 0.3 is 0 Å². The number of rotatable bonds is 3. The van der Waals surface area contributed by atoms with Gasteiger partial charge in [0.15, 0.2) is 0 Å². The largest absolute Gasteiger partial charge is 0.323 e. The van der Waals surface area contributed by atoms with Gasteiger partial charge in [-0.2, -0.15) is 0 Å². The molecule has 1 aromatic rings. The second-order valence-electron chi connectivity index (χ2n) is 3.68. The van der Waals surface area contributed by atoms with Crippen LogP contribution in [0.25, 0.3) is 0 Å². The molecule has 0 aliphatic rings. The van der Waals surface area contributed by atoms with E-state index < -0.39 is 8.32 Å². The molecule has 0 saturated heterocycles. The van der Waals surface area contributed by atoms with E-state index >= 15 is 0 Å². The lowest BCUT2D eigenvalue weighted by molar-refractivity contribution is 0.401. The Kier molecular flexibility index (Phi) is 2.89. The van der Waals surface area contributed by atoms with Gasteiger partial charge in [0.2, 0.25) is 8.32 Å². The van der Waals surface area contributed by atoms with Gasteiger partial charge in [-0.15, -0.1) is 0 Å². The molecule has 0 amide bonds. The molecule has 1 N–H and O–H groups in total. The summed E-state index contributed by atoms with van der Waals surface area (Å²) < 4.78 is 5.50. The van der Waals surface area contributed by atoms with Crippen LogP contribution < -0.4 is 5.48 Å². The van der Waals surface area contributed by atoms with E-state index in [4.69, 9.17) is 4.53 Å². The third kappa shape index (κ3) is 3.55. The highest BCUT2D eigenvalue weighted by Crippen LogP contribution is 2.08. The minimum atomic E-state index is -1.45. The van der Waals surface area contributed by atoms with Crippen molar-refractivity contribution in [1.29, 1.82) is 0 Å². The third-order valence-electron chi connectivity index (χ3n) is 1.25. The normalized spacial score (nSPS) is 11.2. The van der Waals surface area contributed by atoms with Gasteiger partial charge in [0.1, 0.15) is 0 Å². The molecule has 0 aromatic heterocycles. The van der Waals surface area contributed by atoms with Crippen LogP contribution >= 0.6 is 0 Å². The van der Waals surface area contributed by atoms with Crippen LogP contribution in [-0.2, 0) is 4.53 Å². The molecule has 1 aromatic carbocycles. The minimum absolute atomic E-state index is 1.01. The van der Waals surface area contributed by atoms with Crippen LogP contribution in [0.4, 0.5) is 5.69 Å². The SMILES string of the molecule is C[Si](C)(C)ONc1ccccc1. The van der Waals surface area contributed by atoms with E-state index in [0.29, 0.717) is 0 Å². The summed E-state index contributed by atoms with van der Waals surface area (Å²) >= 11 is 0. The van der Waals surface area contributed by atoms with Crippen LogP contribution in [0, 0.1) is 0 Å². The number of benzene rings is 1. The fourth-order valence-electron chi connectivity index (χ4n) is 0.718. The van der Waals surface area contributed by atoms with E-state index in [1.165, 1.54) is 0 Å². The minimum Gasteiger partial charge on any atom is -0.323 e. The first-order chi connectivity index (χ1) is 5.58. The van der Waals surface area contributed by atoms with Crippen molar-refractivity contribution >= 4 is 14.0 Å². The van der Waals surface area contributed by atoms with Gasteiger partial charge in [-0.25, -0.2) is 0 Å². The molecule has 0 atom stereocenters. The summed E-state index contributed by atoms with van der Waals surface area (Å²) in [7, 11) is -1.45. The fraction of sp³-hybridized carbons (Fsp3) is 0.333. The van der Waals surface area contributed by atoms with Crippen LogP contribution in [0.5, 0.6) is 0 Å². The van der Waals surface area contributed by atoms with Crippen molar-refractivity contribution in [3.05, 3.63) is 30.3 Å². The first kappa shape index (κ1) is 9.29. The lowest BCUT2D eigenvalue weighted by Crippen LogP contribution is -2.28. The third-order valence-corrected chi connectivity index (χ3v) is 1.96. The van der Waals surface area contributed by atoms with Crippen LogP contribution in [0.1, 0.15) is 0 Å². The van der Waals surface area contributed by atoms with Gasteiger partial charge in [-0.1, -0.05) is 18.2 Å². The second-order valence-corrected chi connectivity index (χ2v) is 8.11. The molecule has 0 saturated carbocycles. The van der Waals surface area contributed by atoms with Crippen molar-refractivity contribution in [2.45, 2.75) is 19.6 Å². The van der Waals surface area contributed by atoms with Crippen molar-refractivity contribution in [3.63, 3.8) is 0 Å². The first-order valence-electron chi connectivity index (χ1n) is 4.07. The molecule has 0 radical (unpaired) electrons. The molecule has 2 nitrogen and oxygen atoms in total. The molecule has 0 aliphatic heterocycles. The Morgan fingerprint density at radius 1 is 1.08 bits per heavy atom. The Morgan fingerprint density at radius 2 is 1.67 bits per heavy atom. The summed E-state index contributed by atoms with van der Waals surface area (Å²) in [6.07, 6.45) is 0. The van der Waals surface area contributed by atoms with Crippen LogP contribution in [0.2, 0.25) is 19.6 Å². The smallest absolute Gasteiger partial charge is 0.220 e. The molecule has 0 unspecified atom stereocenters. The number of hydrogen-bond donors (Lipinski definition) is 1. The molecule has 0 aliphatic carbocycles. The average molecular weight is 181 g/mol. The quantitative estimate of drug-likeness (QED) is 0.572. The fourth-order valence-corrected chi connectivity index (χ4v) is 1.14. The van der Waals surface area contributed by atoms with E-state index in [-0.39, 0.29) is 0 Å². The molecule has 1 rings (SSSR count). The highest BCUT2D eigenvalue weighted by Gasteiger charge is 2.14. The maximum atomic E-state index is 5.50. The van der Waals surface area contributed by atoms with Crippen molar-refractivity contribution in [2.75, 3.05) is 5.48 Å². The van der Waals surface area contributed by atoms with Gasteiger partial charge in [-0.3, -0.25) is 5.48 Å². The Morgan fingerprint density at radius 3 is 2.17 bits per heavy atom. The Hall–Kier alpha value is -0.803. The summed E-state index contributed by atoms with van der Waals surface area (Å²) in [4.78, 5) is 0. The Bertz CT molecular complexity index is 230. The molecule has 0 fully saturated rings. The van der Waals surface area contributed by atoms with Crippen molar-refractivity contribution < 1.29 is 4.53 Å². The van der Waals surface area contributed by atoms with Crippen molar-refractivity contribution in [3.8, 4) is 0 Å². The molecule has 12 heavy (non-hydrogen) atoms. The Labute approximate surface area is 74.6 Å². The summed E-state index contributed by atoms with van der Waals surface area (Å²) in [5.41, 5.74) is 3.96. The van der Waals surface area contributed by atoms with E-state index in [9.17, 15) is 0 Å². The molecule has 0 spiro atoms. The highest BCUT2D eigenvalue weighted by atomic mass is 28.4. The molecule has 66 valence electrons. The highest BCUT2D eigenvalue weighted by molar-refractivity contribution is 6.69. The topological polar surface area (TPSA) is 21.3 Å². The second kappa shape index (κ2) is 3.73. The van der Waals surface area contributed by atoms with Gasteiger partial charge in [-0.05, 0) is 31.8 Å². The maximum Gasteiger partial charge on any atom is 0.220 e. The molecular weight excluding hydrogens is 166 g/mol. The van der Waals surface area contributed by atoms with Gasteiger partial charge in [0, 0.05) is 0 Å². The molecule has 3 heteroatoms. The number of nitrogens with one attached hydrogen (secondary N) is 1. The molecule has 0 bridgehead atoms. The zero-order valence-electron chi connectivity index (χ0n) is 7.79. The standard InChI is InChI=1S/C9H15NOSi/c1-12(2,3)11-10-9-7-5-4-6-8-9/h4-8,10H,1-3H3. The maximum absolute atomic E-state index is 5.50. The van der Waals surface area contributed by atoms with E-state index in [1.807, 2.05) is 30.3 Å². The van der Waals surface area contributed by atoms with E-state index in [1.54, 1.807) is 0 Å². The predicted molar refractivity (Wildman–Crippen MR) is 54.5 cm³/mol. The molecular formula is C9H15NOSi. The van der Waals surface area contributed by atoms with Gasteiger partial charge < -0.3 is 4.53 Å². The summed E-state index contributed by atoms with van der Waals surface area (Å²) in [5, 5.41) is 0. The monoisotopic (exact) mass is 181 g/mol. The summed E-state index contributed by atoms with van der Waals surface area (Å²) in [6, 6.07) is 9.92. The van der Waals surface area contributed by atoms with Gasteiger partial charge in [0.25, 0.3) is 0 Å². The summed E-state index contributed by atoms with van der Waals surface area (Å²) in [6.45, 7) is 6.43. The van der Waals surface area contributed by atoms with Crippen LogP contribution in [0.15, 0.2) is 30.3 Å². The lowest BCUT2D eigenvalue weighted by atomic mass is 10.3. The summed E-state index contributed by atoms with van der Waals surface area (Å²) in [5.74, 6) is 0. The first-order valence-corrected chi connectivity index (χ1v) is 7.48. The lowest BCUT2D eigenvalue weighted by Gasteiger charge is -2.17. The predicted octanol–water partition coefficient (Wildman–Crippen LogP) is 2.87. The zero-order valence-corrected chi connectivity index (χ0v) is 8.79. The molecule has 0 heterocycles. The van der Waals surface area contributed by atoms with Gasteiger partial charge in [0.05, 0.1) is 5.69 Å². The number of para-hydroxylation sites is 1. The average Bonchev–Trinajstić information content (AvgIpc) is 2.02. The van der Waals surface area contributed by atoms with E-state index in [0.717, 1.165) is 5.69 Å². The van der Waals surface area contributed by atoms with Crippen LogP contribution in [0.3, 0.4) is 0 Å². The number of hydrogen-bond acceptors (Lipinski definition) is 2. The zero-order chi connectivity index (χ0) is 9.03. The Balaban J connectivity index is 2.44. The van der Waals surface area contributed by atoms with Crippen molar-refractivity contribution in [1.82, 2.24) is 0 Å². The van der Waals surface area contributed by atoms with Crippen LogP contribution in [-0.4, -0.2) is 8.32 Å². The van der Waals surface area contributed by atoms with E-state index in [2.05, 4.69) is 25.1 Å².